The maximum Gasteiger partial charge on any atom is 0.238 e. The van der Waals surface area contributed by atoms with Crippen molar-refractivity contribution in [3.8, 4) is 5.75 Å². The number of halogens is 1. The quantitative estimate of drug-likeness (QED) is 0.909. The zero-order chi connectivity index (χ0) is 13.2. The fraction of sp³-hybridized carbons (Fsp3) is 0.455. The third kappa shape index (κ3) is 3.35. The smallest absolute Gasteiger partial charge is 0.238 e. The molecule has 1 aliphatic rings. The third-order valence-electron chi connectivity index (χ3n) is 2.73. The standard InChI is InChI=1S/C11H14ClNO4S/c12-10-5-9(18(13,14)15)1-2-11(10)17-7-8-3-4-16-6-8/h1-2,5,8H,3-4,6-7H2,(H2,13,14,15)/t8-/m0/s1. The Morgan fingerprint density at radius 2 is 2.28 bits per heavy atom. The molecular formula is C11H14ClNO4S. The van der Waals surface area contributed by atoms with Crippen LogP contribution in [-0.4, -0.2) is 28.2 Å². The molecule has 1 aromatic rings. The summed E-state index contributed by atoms with van der Waals surface area (Å²) in [6.07, 6.45) is 0.965. The van der Waals surface area contributed by atoms with Gasteiger partial charge < -0.3 is 9.47 Å². The van der Waals surface area contributed by atoms with Crippen molar-refractivity contribution in [2.45, 2.75) is 11.3 Å². The van der Waals surface area contributed by atoms with Gasteiger partial charge in [0.15, 0.2) is 0 Å². The largest absolute Gasteiger partial charge is 0.492 e. The van der Waals surface area contributed by atoms with E-state index in [1.807, 2.05) is 0 Å². The zero-order valence-corrected chi connectivity index (χ0v) is 11.2. The monoisotopic (exact) mass is 291 g/mol. The average molecular weight is 292 g/mol. The van der Waals surface area contributed by atoms with E-state index in [1.54, 1.807) is 0 Å². The van der Waals surface area contributed by atoms with E-state index in [2.05, 4.69) is 0 Å². The number of nitrogens with two attached hydrogens (primary N) is 1. The van der Waals surface area contributed by atoms with Crippen LogP contribution in [0.15, 0.2) is 23.1 Å². The van der Waals surface area contributed by atoms with Crippen molar-refractivity contribution in [3.63, 3.8) is 0 Å². The van der Waals surface area contributed by atoms with Gasteiger partial charge in [0.2, 0.25) is 10.0 Å². The lowest BCUT2D eigenvalue weighted by Gasteiger charge is -2.12. The summed E-state index contributed by atoms with van der Waals surface area (Å²) in [5.74, 6) is 0.815. The van der Waals surface area contributed by atoms with Crippen LogP contribution in [0.3, 0.4) is 0 Å². The topological polar surface area (TPSA) is 78.6 Å². The number of hydrogen-bond acceptors (Lipinski definition) is 4. The SMILES string of the molecule is NS(=O)(=O)c1ccc(OC[C@H]2CCOC2)c(Cl)c1. The first kappa shape index (κ1) is 13.6. The molecule has 0 bridgehead atoms. The number of ether oxygens (including phenoxy) is 2. The molecule has 1 aromatic carbocycles. The van der Waals surface area contributed by atoms with Gasteiger partial charge in [0, 0.05) is 12.5 Å². The Balaban J connectivity index is 2.05. The molecule has 1 aliphatic heterocycles. The molecule has 7 heteroatoms. The number of hydrogen-bond donors (Lipinski definition) is 1. The van der Waals surface area contributed by atoms with Crippen LogP contribution in [0.25, 0.3) is 0 Å². The highest BCUT2D eigenvalue weighted by atomic mass is 35.5. The van der Waals surface area contributed by atoms with Gasteiger partial charge in [0.05, 0.1) is 23.1 Å². The summed E-state index contributed by atoms with van der Waals surface area (Å²) < 4.78 is 33.0. The molecule has 5 nitrogen and oxygen atoms in total. The second kappa shape index (κ2) is 5.44. The Morgan fingerprint density at radius 1 is 1.50 bits per heavy atom. The second-order valence-corrected chi connectivity index (χ2v) is 6.15. The van der Waals surface area contributed by atoms with Gasteiger partial charge in [-0.05, 0) is 24.6 Å². The summed E-state index contributed by atoms with van der Waals surface area (Å²) in [6, 6.07) is 4.18. The fourth-order valence-electron chi connectivity index (χ4n) is 1.70. The van der Waals surface area contributed by atoms with Gasteiger partial charge in [-0.3, -0.25) is 0 Å². The molecule has 0 spiro atoms. The van der Waals surface area contributed by atoms with Gasteiger partial charge >= 0.3 is 0 Å². The lowest BCUT2D eigenvalue weighted by atomic mass is 10.1. The van der Waals surface area contributed by atoms with Crippen molar-refractivity contribution >= 4 is 21.6 Å². The van der Waals surface area contributed by atoms with E-state index in [0.717, 1.165) is 13.0 Å². The molecule has 2 rings (SSSR count). The Kier molecular flexibility index (Phi) is 4.11. The van der Waals surface area contributed by atoms with Crippen LogP contribution in [-0.2, 0) is 14.8 Å². The van der Waals surface area contributed by atoms with Crippen LogP contribution in [0.2, 0.25) is 5.02 Å². The molecule has 1 atom stereocenters. The molecule has 100 valence electrons. The molecule has 0 unspecified atom stereocenters. The van der Waals surface area contributed by atoms with E-state index in [9.17, 15) is 8.42 Å². The number of sulfonamides is 1. The maximum atomic E-state index is 11.1. The average Bonchev–Trinajstić information content (AvgIpc) is 2.79. The zero-order valence-electron chi connectivity index (χ0n) is 9.63. The Bertz CT molecular complexity index is 526. The van der Waals surface area contributed by atoms with Crippen molar-refractivity contribution in [2.75, 3.05) is 19.8 Å². The van der Waals surface area contributed by atoms with Crippen LogP contribution >= 0.6 is 11.6 Å². The molecule has 2 N–H and O–H groups in total. The number of primary sulfonamides is 1. The summed E-state index contributed by atoms with van der Waals surface area (Å²) >= 11 is 5.94. The first-order valence-corrected chi connectivity index (χ1v) is 7.42. The van der Waals surface area contributed by atoms with E-state index < -0.39 is 10.0 Å². The lowest BCUT2D eigenvalue weighted by molar-refractivity contribution is 0.167. The predicted molar refractivity (Wildman–Crippen MR) is 67.2 cm³/mol. The molecule has 0 amide bonds. The van der Waals surface area contributed by atoms with Gasteiger partial charge in [0.1, 0.15) is 5.75 Å². The minimum Gasteiger partial charge on any atom is -0.492 e. The minimum absolute atomic E-state index is 0.0240. The Labute approximate surface area is 111 Å². The highest BCUT2D eigenvalue weighted by Crippen LogP contribution is 2.27. The molecule has 1 fully saturated rings. The van der Waals surface area contributed by atoms with Crippen LogP contribution < -0.4 is 9.88 Å². The van der Waals surface area contributed by atoms with Crippen LogP contribution in [0.5, 0.6) is 5.75 Å². The van der Waals surface area contributed by atoms with Gasteiger partial charge in [-0.2, -0.15) is 0 Å². The van der Waals surface area contributed by atoms with Crippen molar-refractivity contribution in [1.82, 2.24) is 0 Å². The van der Waals surface area contributed by atoms with E-state index in [1.165, 1.54) is 18.2 Å². The molecule has 0 radical (unpaired) electrons. The maximum absolute atomic E-state index is 11.1. The van der Waals surface area contributed by atoms with Crippen LogP contribution in [0.1, 0.15) is 6.42 Å². The highest BCUT2D eigenvalue weighted by molar-refractivity contribution is 7.89. The summed E-state index contributed by atoms with van der Waals surface area (Å²) in [4.78, 5) is -0.0240. The van der Waals surface area contributed by atoms with Gasteiger partial charge in [-0.25, -0.2) is 13.6 Å². The van der Waals surface area contributed by atoms with Crippen molar-refractivity contribution < 1.29 is 17.9 Å². The van der Waals surface area contributed by atoms with Gasteiger partial charge in [-0.15, -0.1) is 0 Å². The molecule has 0 aromatic heterocycles. The van der Waals surface area contributed by atoms with E-state index in [0.29, 0.717) is 24.9 Å². The summed E-state index contributed by atoms with van der Waals surface area (Å²) in [6.45, 7) is 1.95. The second-order valence-electron chi connectivity index (χ2n) is 4.18. The van der Waals surface area contributed by atoms with Gasteiger partial charge in [-0.1, -0.05) is 11.6 Å². The number of benzene rings is 1. The lowest BCUT2D eigenvalue weighted by Crippen LogP contribution is -2.13. The molecule has 18 heavy (non-hydrogen) atoms. The first-order chi connectivity index (χ1) is 8.47. The summed E-state index contributed by atoms with van der Waals surface area (Å²) in [7, 11) is -3.73. The predicted octanol–water partition coefficient (Wildman–Crippen LogP) is 1.40. The summed E-state index contributed by atoms with van der Waals surface area (Å²) in [5, 5.41) is 5.24. The number of rotatable bonds is 4. The summed E-state index contributed by atoms with van der Waals surface area (Å²) in [5.41, 5.74) is 0. The van der Waals surface area contributed by atoms with Crippen molar-refractivity contribution in [2.24, 2.45) is 11.1 Å². The normalized spacial score (nSPS) is 20.0. The minimum atomic E-state index is -3.73. The van der Waals surface area contributed by atoms with E-state index in [4.69, 9.17) is 26.2 Å². The third-order valence-corrected chi connectivity index (χ3v) is 3.94. The molecule has 0 aliphatic carbocycles. The Hall–Kier alpha value is -0.820. The fourth-order valence-corrected chi connectivity index (χ4v) is 2.54. The molecule has 1 heterocycles. The van der Waals surface area contributed by atoms with Gasteiger partial charge in [0.25, 0.3) is 0 Å². The molecule has 0 saturated carbocycles. The van der Waals surface area contributed by atoms with E-state index in [-0.39, 0.29) is 9.92 Å². The van der Waals surface area contributed by atoms with E-state index >= 15 is 0 Å². The van der Waals surface area contributed by atoms with Crippen molar-refractivity contribution in [3.05, 3.63) is 23.2 Å². The van der Waals surface area contributed by atoms with Crippen molar-refractivity contribution in [1.29, 1.82) is 0 Å². The molecule has 1 saturated heterocycles. The van der Waals surface area contributed by atoms with Crippen LogP contribution in [0, 0.1) is 5.92 Å². The van der Waals surface area contributed by atoms with Crippen LogP contribution in [0.4, 0.5) is 0 Å². The first-order valence-electron chi connectivity index (χ1n) is 5.50. The molecular weight excluding hydrogens is 278 g/mol. The highest BCUT2D eigenvalue weighted by Gasteiger charge is 2.17. The Morgan fingerprint density at radius 3 is 2.83 bits per heavy atom.